The van der Waals surface area contributed by atoms with Crippen LogP contribution in [0.15, 0.2) is 87.9 Å². The van der Waals surface area contributed by atoms with Gasteiger partial charge in [0.1, 0.15) is 23.4 Å². The molecule has 0 saturated carbocycles. The van der Waals surface area contributed by atoms with Gasteiger partial charge >= 0.3 is 0 Å². The number of hydrogen-bond acceptors (Lipinski definition) is 4. The Morgan fingerprint density at radius 1 is 1.16 bits per heavy atom. The Hall–Kier alpha value is -3.56. The van der Waals surface area contributed by atoms with Crippen molar-refractivity contribution in [2.45, 2.75) is 31.8 Å². The third kappa shape index (κ3) is 5.49. The molecule has 1 fully saturated rings. The largest absolute Gasteiger partial charge is 0.459 e. The molecular weight excluding hydrogens is 567 g/mol. The minimum absolute atomic E-state index is 0.0934. The Morgan fingerprint density at radius 3 is 2.74 bits per heavy atom. The van der Waals surface area contributed by atoms with Crippen LogP contribution in [0.2, 0.25) is 0 Å². The first-order valence-electron chi connectivity index (χ1n) is 12.4. The van der Waals surface area contributed by atoms with Gasteiger partial charge in [0.15, 0.2) is 5.11 Å². The fourth-order valence-corrected chi connectivity index (χ4v) is 5.56. The van der Waals surface area contributed by atoms with Gasteiger partial charge in [0.2, 0.25) is 5.91 Å². The van der Waals surface area contributed by atoms with Crippen molar-refractivity contribution in [3.05, 3.63) is 106 Å². The molecule has 0 spiro atoms. The van der Waals surface area contributed by atoms with Gasteiger partial charge in [-0.1, -0.05) is 31.2 Å². The molecule has 0 unspecified atom stereocenters. The molecule has 6 nitrogen and oxygen atoms in total. The molecule has 1 aliphatic rings. The molecule has 1 amide bonds. The highest BCUT2D eigenvalue weighted by molar-refractivity contribution is 9.10. The molecule has 0 aliphatic carbocycles. The number of para-hydroxylation sites is 1. The summed E-state index contributed by atoms with van der Waals surface area (Å²) < 4.78 is 20.6. The molecule has 2 atom stereocenters. The minimum atomic E-state index is -0.334. The summed E-state index contributed by atoms with van der Waals surface area (Å²) in [7, 11) is 0. The summed E-state index contributed by atoms with van der Waals surface area (Å²) >= 11 is 9.14. The Labute approximate surface area is 234 Å². The van der Waals surface area contributed by atoms with Crippen LogP contribution in [0.5, 0.6) is 0 Å². The number of benzene rings is 2. The van der Waals surface area contributed by atoms with Crippen LogP contribution in [0.4, 0.5) is 10.1 Å². The highest BCUT2D eigenvalue weighted by Crippen LogP contribution is 2.41. The van der Waals surface area contributed by atoms with Crippen LogP contribution < -0.4 is 10.6 Å². The third-order valence-corrected chi connectivity index (χ3v) is 7.57. The van der Waals surface area contributed by atoms with E-state index in [2.05, 4.69) is 38.5 Å². The van der Waals surface area contributed by atoms with Gasteiger partial charge in [0.05, 0.1) is 11.7 Å². The Kier molecular flexibility index (Phi) is 7.85. The van der Waals surface area contributed by atoms with E-state index in [9.17, 15) is 9.18 Å². The summed E-state index contributed by atoms with van der Waals surface area (Å²) in [5, 5.41) is 6.93. The average molecular weight is 594 g/mol. The first kappa shape index (κ1) is 26.1. The number of anilines is 1. The van der Waals surface area contributed by atoms with Crippen LogP contribution >= 0.6 is 28.1 Å². The van der Waals surface area contributed by atoms with Crippen molar-refractivity contribution in [2.75, 3.05) is 11.9 Å². The molecular formula is C29H26BrFN4O2S. The lowest BCUT2D eigenvalue weighted by molar-refractivity contribution is -0.116. The molecule has 1 aliphatic heterocycles. The lowest BCUT2D eigenvalue weighted by Crippen LogP contribution is -2.32. The van der Waals surface area contributed by atoms with Crippen LogP contribution in [0.25, 0.3) is 11.3 Å². The molecule has 4 aromatic rings. The highest BCUT2D eigenvalue weighted by Gasteiger charge is 2.41. The van der Waals surface area contributed by atoms with Crippen molar-refractivity contribution in [2.24, 2.45) is 0 Å². The maximum atomic E-state index is 13.6. The number of furan rings is 1. The zero-order chi connectivity index (χ0) is 26.6. The van der Waals surface area contributed by atoms with Gasteiger partial charge in [-0.3, -0.25) is 9.78 Å². The van der Waals surface area contributed by atoms with Crippen LogP contribution in [0, 0.1) is 5.82 Å². The smallest absolute Gasteiger partial charge is 0.226 e. The van der Waals surface area contributed by atoms with Crippen molar-refractivity contribution in [3.8, 4) is 11.3 Å². The van der Waals surface area contributed by atoms with Crippen LogP contribution in [-0.4, -0.2) is 27.4 Å². The van der Waals surface area contributed by atoms with E-state index >= 15 is 0 Å². The van der Waals surface area contributed by atoms with Gasteiger partial charge in [-0.25, -0.2) is 4.39 Å². The number of nitrogens with zero attached hydrogens (tertiary/aromatic N) is 2. The minimum Gasteiger partial charge on any atom is -0.459 e. The zero-order valence-corrected chi connectivity index (χ0v) is 23.1. The molecule has 9 heteroatoms. The lowest BCUT2D eigenvalue weighted by Gasteiger charge is -2.26. The number of nitrogens with one attached hydrogen (secondary N) is 2. The normalized spacial score (nSPS) is 16.9. The molecule has 2 N–H and O–H groups in total. The van der Waals surface area contributed by atoms with Gasteiger partial charge in [-0.2, -0.15) is 0 Å². The number of hydrogen-bond donors (Lipinski definition) is 2. The van der Waals surface area contributed by atoms with Crippen LogP contribution in [0.1, 0.15) is 42.4 Å². The van der Waals surface area contributed by atoms with Crippen molar-refractivity contribution in [3.63, 3.8) is 0 Å². The fourth-order valence-electron chi connectivity index (χ4n) is 4.69. The van der Waals surface area contributed by atoms with Gasteiger partial charge in [0.25, 0.3) is 0 Å². The molecule has 194 valence electrons. The summed E-state index contributed by atoms with van der Waals surface area (Å²) in [5.74, 6) is 0.831. The van der Waals surface area contributed by atoms with Crippen LogP contribution in [-0.2, 0) is 11.2 Å². The second-order valence-corrected chi connectivity index (χ2v) is 10.2. The van der Waals surface area contributed by atoms with Gasteiger partial charge in [0, 0.05) is 34.9 Å². The number of rotatable bonds is 8. The number of carbonyl (C=O) groups excluding carboxylic acids is 1. The van der Waals surface area contributed by atoms with Crippen molar-refractivity contribution < 1.29 is 13.6 Å². The van der Waals surface area contributed by atoms with E-state index in [1.54, 1.807) is 12.3 Å². The van der Waals surface area contributed by atoms with Crippen molar-refractivity contribution in [1.29, 1.82) is 0 Å². The number of pyridine rings is 1. The molecule has 3 heterocycles. The average Bonchev–Trinajstić information content (AvgIpc) is 3.52. The summed E-state index contributed by atoms with van der Waals surface area (Å²) in [6, 6.07) is 21.1. The number of aromatic nitrogens is 1. The number of aryl methyl sites for hydroxylation is 1. The Morgan fingerprint density at radius 2 is 1.97 bits per heavy atom. The zero-order valence-electron chi connectivity index (χ0n) is 20.7. The Bertz CT molecular complexity index is 1460. The number of carbonyl (C=O) groups is 1. The highest BCUT2D eigenvalue weighted by atomic mass is 79.9. The summed E-state index contributed by atoms with van der Waals surface area (Å²) in [6.07, 6.45) is 2.80. The molecule has 5 rings (SSSR count). The standard InChI is InChI=1S/C29H26BrFN4O2S/c1-2-18-7-3-4-8-22(18)33-26(36)14-16-35-28(27(34-29(35)38)23-9-5-6-15-32-23)25-13-12-24(37-25)20-11-10-19(31)17-21(20)30/h3-13,15,17,27-28H,2,14,16H2,1H3,(H,33,36)(H,34,38)/t27-,28-/m1/s1. The maximum Gasteiger partial charge on any atom is 0.226 e. The summed E-state index contributed by atoms with van der Waals surface area (Å²) in [4.78, 5) is 19.4. The van der Waals surface area contributed by atoms with E-state index in [4.69, 9.17) is 16.6 Å². The lowest BCUT2D eigenvalue weighted by atomic mass is 10.0. The second-order valence-electron chi connectivity index (χ2n) is 8.96. The Balaban J connectivity index is 1.41. The van der Waals surface area contributed by atoms with Crippen LogP contribution in [0.3, 0.4) is 0 Å². The number of thiocarbonyl (C=S) groups is 1. The van der Waals surface area contributed by atoms with E-state index in [0.29, 0.717) is 27.7 Å². The fraction of sp³-hybridized carbons (Fsp3) is 0.207. The third-order valence-electron chi connectivity index (χ3n) is 6.56. The van der Waals surface area contributed by atoms with E-state index < -0.39 is 0 Å². The van der Waals surface area contributed by atoms with E-state index in [0.717, 1.165) is 28.9 Å². The molecule has 38 heavy (non-hydrogen) atoms. The van der Waals surface area contributed by atoms with Gasteiger partial charge in [-0.15, -0.1) is 0 Å². The van der Waals surface area contributed by atoms with Gasteiger partial charge < -0.3 is 20.0 Å². The molecule has 0 radical (unpaired) electrons. The quantitative estimate of drug-likeness (QED) is 0.219. The second kappa shape index (κ2) is 11.4. The maximum absolute atomic E-state index is 13.6. The molecule has 2 aromatic heterocycles. The van der Waals surface area contributed by atoms with E-state index in [-0.39, 0.29) is 30.2 Å². The number of halogens is 2. The van der Waals surface area contributed by atoms with Crippen molar-refractivity contribution >= 4 is 44.9 Å². The summed E-state index contributed by atoms with van der Waals surface area (Å²) in [5.41, 5.74) is 3.46. The number of amides is 1. The predicted molar refractivity (Wildman–Crippen MR) is 153 cm³/mol. The van der Waals surface area contributed by atoms with E-state index in [1.165, 1.54) is 12.1 Å². The molecule has 1 saturated heterocycles. The predicted octanol–water partition coefficient (Wildman–Crippen LogP) is 6.81. The monoisotopic (exact) mass is 592 g/mol. The molecule has 0 bridgehead atoms. The topological polar surface area (TPSA) is 70.4 Å². The van der Waals surface area contributed by atoms with E-state index in [1.807, 2.05) is 59.5 Å². The summed E-state index contributed by atoms with van der Waals surface area (Å²) in [6.45, 7) is 2.44. The molecule has 2 aromatic carbocycles. The van der Waals surface area contributed by atoms with Crippen molar-refractivity contribution in [1.82, 2.24) is 15.2 Å². The first-order chi connectivity index (χ1) is 18.4. The first-order valence-corrected chi connectivity index (χ1v) is 13.6. The van der Waals surface area contributed by atoms with Gasteiger partial charge in [-0.05, 0) is 88.7 Å². The SMILES string of the molecule is CCc1ccccc1NC(=O)CCN1C(=S)N[C@H](c2ccccn2)[C@H]1c1ccc(-c2ccc(F)cc2Br)o1.